The lowest BCUT2D eigenvalue weighted by atomic mass is 9.95. The van der Waals surface area contributed by atoms with Crippen LogP contribution in [0.1, 0.15) is 29.2 Å². The number of aromatic nitrogens is 1. The highest BCUT2D eigenvalue weighted by molar-refractivity contribution is 7.19. The van der Waals surface area contributed by atoms with Crippen molar-refractivity contribution in [3.05, 3.63) is 28.9 Å². The molecule has 0 fully saturated rings. The first-order valence-corrected chi connectivity index (χ1v) is 6.93. The van der Waals surface area contributed by atoms with Crippen LogP contribution in [0.15, 0.2) is 18.5 Å². The maximum atomic E-state index is 9.01. The molecule has 0 aromatic carbocycles. The van der Waals surface area contributed by atoms with Crippen molar-refractivity contribution >= 4 is 21.4 Å². The van der Waals surface area contributed by atoms with Crippen LogP contribution in [-0.2, 0) is 11.2 Å². The Morgan fingerprint density at radius 1 is 1.67 bits per heavy atom. The molecule has 0 radical (unpaired) electrons. The summed E-state index contributed by atoms with van der Waals surface area (Å²) in [6.07, 6.45) is 6.55. The number of aryl methyl sites for hydroxylation is 1. The fourth-order valence-electron chi connectivity index (χ4n) is 2.79. The van der Waals surface area contributed by atoms with Crippen LogP contribution in [0.5, 0.6) is 0 Å². The number of rotatable bonds is 3. The number of hydrogen-bond donors (Lipinski definition) is 0. The molecular formula is C14H14N2OS. The summed E-state index contributed by atoms with van der Waals surface area (Å²) < 4.78 is 6.50. The molecule has 2 heterocycles. The smallest absolute Gasteiger partial charge is 0.144 e. The van der Waals surface area contributed by atoms with Gasteiger partial charge in [0, 0.05) is 34.5 Å². The van der Waals surface area contributed by atoms with Gasteiger partial charge in [-0.25, -0.2) is 0 Å². The van der Waals surface area contributed by atoms with Crippen LogP contribution < -0.4 is 0 Å². The molecule has 0 saturated carbocycles. The van der Waals surface area contributed by atoms with Gasteiger partial charge in [-0.1, -0.05) is 0 Å². The van der Waals surface area contributed by atoms with Crippen molar-refractivity contribution in [3.8, 4) is 6.07 Å². The summed E-state index contributed by atoms with van der Waals surface area (Å²) in [4.78, 5) is 5.70. The highest BCUT2D eigenvalue weighted by atomic mass is 32.1. The van der Waals surface area contributed by atoms with Crippen molar-refractivity contribution in [2.45, 2.75) is 31.3 Å². The fraction of sp³-hybridized carbons (Fsp3) is 0.429. The van der Waals surface area contributed by atoms with E-state index in [0.717, 1.165) is 19.3 Å². The van der Waals surface area contributed by atoms with Crippen LogP contribution in [0.4, 0.5) is 0 Å². The molecule has 0 N–H and O–H groups in total. The molecule has 0 bridgehead atoms. The Balaban J connectivity index is 1.98. The van der Waals surface area contributed by atoms with E-state index in [2.05, 4.69) is 17.1 Å². The largest absolute Gasteiger partial charge is 0.367 e. The second-order valence-corrected chi connectivity index (χ2v) is 5.77. The number of hydrogen-bond acceptors (Lipinski definition) is 4. The number of fused-ring (bicyclic) bond motifs is 3. The summed E-state index contributed by atoms with van der Waals surface area (Å²) in [7, 11) is 1.61. The molecule has 1 aliphatic rings. The summed E-state index contributed by atoms with van der Waals surface area (Å²) in [6, 6.07) is 4.29. The monoisotopic (exact) mass is 258 g/mol. The van der Waals surface area contributed by atoms with E-state index >= 15 is 0 Å². The molecule has 18 heavy (non-hydrogen) atoms. The van der Waals surface area contributed by atoms with E-state index in [9.17, 15) is 0 Å². The Morgan fingerprint density at radius 2 is 2.56 bits per heavy atom. The molecule has 2 aromatic heterocycles. The Labute approximate surface area is 110 Å². The molecule has 4 heteroatoms. The van der Waals surface area contributed by atoms with Crippen LogP contribution in [0.2, 0.25) is 0 Å². The number of nitrogens with zero attached hydrogens (tertiary/aromatic N) is 2. The zero-order valence-electron chi connectivity index (χ0n) is 10.2. The molecule has 0 saturated heterocycles. The van der Waals surface area contributed by atoms with Crippen LogP contribution >= 0.6 is 11.3 Å². The summed E-state index contributed by atoms with van der Waals surface area (Å²) in [5.74, 6) is 0.447. The number of thiophene rings is 1. The highest BCUT2D eigenvalue weighted by Gasteiger charge is 2.29. The molecule has 3 nitrogen and oxygen atoms in total. The van der Waals surface area contributed by atoms with Gasteiger partial charge in [0.15, 0.2) is 0 Å². The van der Waals surface area contributed by atoms with E-state index in [1.54, 1.807) is 7.11 Å². The molecule has 2 atom stereocenters. The van der Waals surface area contributed by atoms with E-state index in [-0.39, 0.29) is 6.10 Å². The number of pyridine rings is 1. The summed E-state index contributed by atoms with van der Waals surface area (Å²) >= 11 is 1.87. The second kappa shape index (κ2) is 4.68. The van der Waals surface area contributed by atoms with Crippen LogP contribution in [0.3, 0.4) is 0 Å². The molecule has 3 rings (SSSR count). The van der Waals surface area contributed by atoms with Gasteiger partial charge in [0.1, 0.15) is 6.10 Å². The van der Waals surface area contributed by atoms with Crippen LogP contribution in [0.25, 0.3) is 10.1 Å². The third-order valence-corrected chi connectivity index (χ3v) is 4.91. The first kappa shape index (κ1) is 11.6. The number of nitriles is 1. The molecule has 2 aromatic rings. The second-order valence-electron chi connectivity index (χ2n) is 4.64. The van der Waals surface area contributed by atoms with Gasteiger partial charge >= 0.3 is 0 Å². The maximum absolute atomic E-state index is 9.01. The summed E-state index contributed by atoms with van der Waals surface area (Å²) in [5, 5.41) is 10.3. The highest BCUT2D eigenvalue weighted by Crippen LogP contribution is 2.45. The standard InChI is InChI=1S/C14H14N2OS/c1-17-10(7-15)6-9-2-3-13-14(9)11-8-16-5-4-12(11)18-13/h4-5,8-10H,2-3,6H2,1H3/t9-,10-/m1/s1. The van der Waals surface area contributed by atoms with Crippen molar-refractivity contribution in [3.63, 3.8) is 0 Å². The molecule has 0 aliphatic heterocycles. The van der Waals surface area contributed by atoms with E-state index < -0.39 is 0 Å². The van der Waals surface area contributed by atoms with Gasteiger partial charge in [0.2, 0.25) is 0 Å². The Kier molecular flexibility index (Phi) is 3.02. The molecule has 1 aliphatic carbocycles. The average Bonchev–Trinajstić information content (AvgIpc) is 2.95. The molecule has 0 amide bonds. The molecular weight excluding hydrogens is 244 g/mol. The van der Waals surface area contributed by atoms with E-state index in [1.807, 2.05) is 23.7 Å². The lowest BCUT2D eigenvalue weighted by Gasteiger charge is -2.14. The van der Waals surface area contributed by atoms with E-state index in [4.69, 9.17) is 10.00 Å². The van der Waals surface area contributed by atoms with E-state index in [0.29, 0.717) is 5.92 Å². The third-order valence-electron chi connectivity index (χ3n) is 3.66. The van der Waals surface area contributed by atoms with Crippen molar-refractivity contribution < 1.29 is 4.74 Å². The predicted molar refractivity (Wildman–Crippen MR) is 71.7 cm³/mol. The van der Waals surface area contributed by atoms with Crippen molar-refractivity contribution in [2.75, 3.05) is 7.11 Å². The van der Waals surface area contributed by atoms with Crippen LogP contribution in [-0.4, -0.2) is 18.2 Å². The van der Waals surface area contributed by atoms with Gasteiger partial charge < -0.3 is 4.74 Å². The summed E-state index contributed by atoms with van der Waals surface area (Å²) in [5.41, 5.74) is 1.42. The van der Waals surface area contributed by atoms with Crippen molar-refractivity contribution in [1.29, 1.82) is 5.26 Å². The first-order valence-electron chi connectivity index (χ1n) is 6.11. The van der Waals surface area contributed by atoms with Crippen molar-refractivity contribution in [1.82, 2.24) is 4.98 Å². The van der Waals surface area contributed by atoms with E-state index in [1.165, 1.54) is 20.5 Å². The van der Waals surface area contributed by atoms with Gasteiger partial charge in [0.25, 0.3) is 0 Å². The first-order chi connectivity index (χ1) is 8.83. The van der Waals surface area contributed by atoms with Crippen LogP contribution in [0, 0.1) is 11.3 Å². The minimum Gasteiger partial charge on any atom is -0.367 e. The van der Waals surface area contributed by atoms with Gasteiger partial charge in [-0.05, 0) is 36.8 Å². The zero-order chi connectivity index (χ0) is 12.5. The minimum atomic E-state index is -0.299. The maximum Gasteiger partial charge on any atom is 0.144 e. The minimum absolute atomic E-state index is 0.299. The zero-order valence-corrected chi connectivity index (χ0v) is 11.0. The third kappa shape index (κ3) is 1.80. The topological polar surface area (TPSA) is 45.9 Å². The SMILES string of the molecule is CO[C@@H](C#N)C[C@H]1CCc2sc3ccncc3c21. The predicted octanol–water partition coefficient (Wildman–Crippen LogP) is 3.25. The average molecular weight is 258 g/mol. The lowest BCUT2D eigenvalue weighted by molar-refractivity contribution is 0.132. The lowest BCUT2D eigenvalue weighted by Crippen LogP contribution is -2.11. The molecule has 0 unspecified atom stereocenters. The Hall–Kier alpha value is -1.44. The van der Waals surface area contributed by atoms with Crippen molar-refractivity contribution in [2.24, 2.45) is 0 Å². The summed E-state index contributed by atoms with van der Waals surface area (Å²) in [6.45, 7) is 0. The van der Waals surface area contributed by atoms with Gasteiger partial charge in [-0.3, -0.25) is 4.98 Å². The fourth-order valence-corrected chi connectivity index (χ4v) is 4.06. The number of methoxy groups -OCH3 is 1. The van der Waals surface area contributed by atoms with Gasteiger partial charge in [-0.15, -0.1) is 11.3 Å². The quantitative estimate of drug-likeness (QED) is 0.849. The van der Waals surface area contributed by atoms with Gasteiger partial charge in [-0.2, -0.15) is 5.26 Å². The normalized spacial score (nSPS) is 19.7. The number of ether oxygens (including phenoxy) is 1. The molecule has 92 valence electrons. The Morgan fingerprint density at radius 3 is 3.33 bits per heavy atom. The Bertz CT molecular complexity index is 614. The molecule has 0 spiro atoms. The van der Waals surface area contributed by atoms with Gasteiger partial charge in [0.05, 0.1) is 6.07 Å².